The second-order valence-electron chi connectivity index (χ2n) is 2.78. The fraction of sp³-hybridized carbons (Fsp3) is 0.714. The number of rotatable bonds is 3. The number of hydrogen-bond donors (Lipinski definition) is 4. The molecule has 0 aliphatic carbocycles. The van der Waals surface area contributed by atoms with Gasteiger partial charge in [0, 0.05) is 6.54 Å². The molecule has 6 N–H and O–H groups in total. The van der Waals surface area contributed by atoms with Gasteiger partial charge in [0.05, 0.1) is 0 Å². The van der Waals surface area contributed by atoms with Crippen LogP contribution in [0.3, 0.4) is 0 Å². The number of nitrogens with one attached hydrogen (secondary N) is 2. The molecule has 0 aromatic rings. The van der Waals surface area contributed by atoms with Crippen molar-refractivity contribution in [3.63, 3.8) is 0 Å². The van der Waals surface area contributed by atoms with Gasteiger partial charge in [-0.15, -0.1) is 0 Å². The van der Waals surface area contributed by atoms with E-state index in [0.29, 0.717) is 12.5 Å². The van der Waals surface area contributed by atoms with Gasteiger partial charge in [0.1, 0.15) is 0 Å². The number of guanidine groups is 2. The Kier molecular flexibility index (Phi) is 4.83. The standard InChI is InChI=1S/C7H17N5/c1-3-5(2)4-11-7(10)12-6(8)9/h5H,3-4H2,1-2H3,(H6,8,9,10,11,12). The summed E-state index contributed by atoms with van der Waals surface area (Å²) in [5.74, 6) is 0.542. The quantitative estimate of drug-likeness (QED) is 0.350. The van der Waals surface area contributed by atoms with Gasteiger partial charge < -0.3 is 11.5 Å². The van der Waals surface area contributed by atoms with Crippen LogP contribution in [0.15, 0.2) is 4.99 Å². The maximum atomic E-state index is 6.86. The van der Waals surface area contributed by atoms with E-state index in [1.165, 1.54) is 0 Å². The lowest BCUT2D eigenvalue weighted by molar-refractivity contribution is 0.576. The van der Waals surface area contributed by atoms with Gasteiger partial charge in [-0.3, -0.25) is 15.7 Å². The zero-order valence-corrected chi connectivity index (χ0v) is 7.59. The first-order valence-corrected chi connectivity index (χ1v) is 3.97. The highest BCUT2D eigenvalue weighted by Gasteiger charge is 1.97. The summed E-state index contributed by atoms with van der Waals surface area (Å²) >= 11 is 0. The van der Waals surface area contributed by atoms with Crippen molar-refractivity contribution in [2.24, 2.45) is 22.4 Å². The molecule has 12 heavy (non-hydrogen) atoms. The Balaban J connectivity index is 3.76. The first-order valence-electron chi connectivity index (χ1n) is 3.97. The van der Waals surface area contributed by atoms with Crippen molar-refractivity contribution in [3.05, 3.63) is 0 Å². The van der Waals surface area contributed by atoms with Crippen LogP contribution in [0.5, 0.6) is 0 Å². The zero-order valence-electron chi connectivity index (χ0n) is 7.59. The minimum atomic E-state index is -0.180. The molecule has 5 heteroatoms. The Bertz CT molecular complexity index is 175. The SMILES string of the molecule is CCC(C)CN=C(N)NC(=N)N. The molecule has 70 valence electrons. The third-order valence-corrected chi connectivity index (χ3v) is 1.53. The second-order valence-corrected chi connectivity index (χ2v) is 2.78. The predicted molar refractivity (Wildman–Crippen MR) is 51.0 cm³/mol. The molecule has 0 saturated heterocycles. The fourth-order valence-electron chi connectivity index (χ4n) is 0.561. The molecule has 0 aromatic heterocycles. The topological polar surface area (TPSA) is 100 Å². The van der Waals surface area contributed by atoms with Gasteiger partial charge in [0.25, 0.3) is 0 Å². The molecule has 0 aromatic carbocycles. The highest BCUT2D eigenvalue weighted by molar-refractivity contribution is 5.95. The third-order valence-electron chi connectivity index (χ3n) is 1.53. The Morgan fingerprint density at radius 1 is 1.58 bits per heavy atom. The lowest BCUT2D eigenvalue weighted by Gasteiger charge is -2.05. The molecule has 1 atom stereocenters. The van der Waals surface area contributed by atoms with E-state index < -0.39 is 0 Å². The summed E-state index contributed by atoms with van der Waals surface area (Å²) in [5.41, 5.74) is 10.4. The molecule has 0 heterocycles. The van der Waals surface area contributed by atoms with E-state index >= 15 is 0 Å². The normalized spacial score (nSPS) is 14.0. The van der Waals surface area contributed by atoms with Crippen molar-refractivity contribution in [3.8, 4) is 0 Å². The smallest absolute Gasteiger partial charge is 0.195 e. The average Bonchev–Trinajstić information content (AvgIpc) is 1.99. The summed E-state index contributed by atoms with van der Waals surface area (Å²) < 4.78 is 0. The Morgan fingerprint density at radius 3 is 2.58 bits per heavy atom. The van der Waals surface area contributed by atoms with Crippen LogP contribution in [0.2, 0.25) is 0 Å². The summed E-state index contributed by atoms with van der Waals surface area (Å²) in [6.45, 7) is 4.85. The van der Waals surface area contributed by atoms with E-state index in [4.69, 9.17) is 16.9 Å². The van der Waals surface area contributed by atoms with Crippen LogP contribution in [0.4, 0.5) is 0 Å². The van der Waals surface area contributed by atoms with Crippen molar-refractivity contribution in [1.82, 2.24) is 5.32 Å². The second kappa shape index (κ2) is 5.40. The van der Waals surface area contributed by atoms with Gasteiger partial charge >= 0.3 is 0 Å². The van der Waals surface area contributed by atoms with E-state index in [0.717, 1.165) is 6.42 Å². The summed E-state index contributed by atoms with van der Waals surface area (Å²) in [6.07, 6.45) is 1.07. The molecule has 0 bridgehead atoms. The molecule has 0 spiro atoms. The van der Waals surface area contributed by atoms with Gasteiger partial charge in [-0.2, -0.15) is 0 Å². The minimum Gasteiger partial charge on any atom is -0.370 e. The van der Waals surface area contributed by atoms with Crippen molar-refractivity contribution in [2.75, 3.05) is 6.54 Å². The van der Waals surface area contributed by atoms with E-state index in [-0.39, 0.29) is 11.9 Å². The van der Waals surface area contributed by atoms with E-state index in [9.17, 15) is 0 Å². The third kappa shape index (κ3) is 5.52. The van der Waals surface area contributed by atoms with Crippen molar-refractivity contribution in [2.45, 2.75) is 20.3 Å². The number of hydrogen-bond acceptors (Lipinski definition) is 2. The molecule has 0 aliphatic rings. The molecule has 0 aliphatic heterocycles. The molecule has 1 unspecified atom stereocenters. The minimum absolute atomic E-state index is 0.180. The summed E-state index contributed by atoms with van der Waals surface area (Å²) in [4.78, 5) is 4.00. The Labute approximate surface area is 72.7 Å². The molecule has 5 nitrogen and oxygen atoms in total. The monoisotopic (exact) mass is 171 g/mol. The summed E-state index contributed by atoms with van der Waals surface area (Å²) in [6, 6.07) is 0. The Morgan fingerprint density at radius 2 is 2.17 bits per heavy atom. The lowest BCUT2D eigenvalue weighted by Crippen LogP contribution is -2.41. The van der Waals surface area contributed by atoms with Gasteiger partial charge in [0.15, 0.2) is 11.9 Å². The predicted octanol–water partition coefficient (Wildman–Crippen LogP) is -0.170. The molecule has 0 fully saturated rings. The van der Waals surface area contributed by atoms with Gasteiger partial charge in [-0.05, 0) is 5.92 Å². The van der Waals surface area contributed by atoms with Crippen LogP contribution < -0.4 is 16.8 Å². The maximum Gasteiger partial charge on any atom is 0.195 e. The number of nitrogens with two attached hydrogens (primary N) is 2. The number of nitrogens with zero attached hydrogens (tertiary/aromatic N) is 1. The van der Waals surface area contributed by atoms with Crippen molar-refractivity contribution >= 4 is 11.9 Å². The fourth-order valence-corrected chi connectivity index (χ4v) is 0.561. The van der Waals surface area contributed by atoms with Crippen molar-refractivity contribution in [1.29, 1.82) is 5.41 Å². The van der Waals surface area contributed by atoms with Gasteiger partial charge in [-0.1, -0.05) is 20.3 Å². The van der Waals surface area contributed by atoms with Gasteiger partial charge in [0.2, 0.25) is 0 Å². The highest BCUT2D eigenvalue weighted by atomic mass is 15.2. The van der Waals surface area contributed by atoms with Crippen LogP contribution in [-0.4, -0.2) is 18.5 Å². The molecular weight excluding hydrogens is 154 g/mol. The van der Waals surface area contributed by atoms with Crippen LogP contribution in [-0.2, 0) is 0 Å². The Hall–Kier alpha value is -1.26. The molecule has 0 amide bonds. The van der Waals surface area contributed by atoms with Crippen LogP contribution in [0, 0.1) is 11.3 Å². The summed E-state index contributed by atoms with van der Waals surface area (Å²) in [5, 5.41) is 9.27. The molecule has 0 saturated carbocycles. The molecular formula is C7H17N5. The summed E-state index contributed by atoms with van der Waals surface area (Å²) in [7, 11) is 0. The highest BCUT2D eigenvalue weighted by Crippen LogP contribution is 1.99. The first kappa shape index (κ1) is 10.7. The van der Waals surface area contributed by atoms with Crippen molar-refractivity contribution < 1.29 is 0 Å². The lowest BCUT2D eigenvalue weighted by atomic mass is 10.1. The molecule has 0 radical (unpaired) electrons. The largest absolute Gasteiger partial charge is 0.370 e. The maximum absolute atomic E-state index is 6.86. The van der Waals surface area contributed by atoms with E-state index in [1.807, 2.05) is 0 Å². The van der Waals surface area contributed by atoms with Crippen LogP contribution >= 0.6 is 0 Å². The van der Waals surface area contributed by atoms with E-state index in [2.05, 4.69) is 24.2 Å². The van der Waals surface area contributed by atoms with Crippen LogP contribution in [0.1, 0.15) is 20.3 Å². The first-order chi connectivity index (χ1) is 5.56. The number of aliphatic imine (C=N–C) groups is 1. The van der Waals surface area contributed by atoms with E-state index in [1.54, 1.807) is 0 Å². The zero-order chi connectivity index (χ0) is 9.56. The van der Waals surface area contributed by atoms with Gasteiger partial charge in [-0.25, -0.2) is 0 Å². The molecule has 0 rings (SSSR count). The average molecular weight is 171 g/mol. The van der Waals surface area contributed by atoms with Crippen LogP contribution in [0.25, 0.3) is 0 Å².